The molecule has 1 aromatic carbocycles. The first-order chi connectivity index (χ1) is 11.5. The summed E-state index contributed by atoms with van der Waals surface area (Å²) in [6.45, 7) is 0.824. The lowest BCUT2D eigenvalue weighted by Gasteiger charge is -2.28. The minimum absolute atomic E-state index is 0.00760. The molecule has 1 aromatic heterocycles. The number of benzene rings is 1. The number of rotatable bonds is 2. The highest BCUT2D eigenvalue weighted by atomic mass is 32.2. The van der Waals surface area contributed by atoms with Crippen molar-refractivity contribution in [3.05, 3.63) is 42.4 Å². The molecule has 7 heteroatoms. The molecule has 2 aromatic rings. The largest absolute Gasteiger partial charge is 0.393 e. The molecule has 1 saturated heterocycles. The van der Waals surface area contributed by atoms with Gasteiger partial charge in [0.25, 0.3) is 0 Å². The first-order valence-electron chi connectivity index (χ1n) is 8.21. The van der Waals surface area contributed by atoms with Crippen LogP contribution in [0.25, 0.3) is 11.3 Å². The fourth-order valence-electron chi connectivity index (χ4n) is 4.10. The van der Waals surface area contributed by atoms with E-state index >= 15 is 0 Å². The van der Waals surface area contributed by atoms with Gasteiger partial charge >= 0.3 is 0 Å². The van der Waals surface area contributed by atoms with E-state index in [1.807, 2.05) is 24.7 Å². The SMILES string of the molecule is CS(=O)(=O)N1CCC([C@H]2c3ccccc3-c3cncn32)[C@@H](O)CC1. The molecule has 0 amide bonds. The topological polar surface area (TPSA) is 75.4 Å². The third kappa shape index (κ3) is 2.47. The van der Waals surface area contributed by atoms with Crippen LogP contribution >= 0.6 is 0 Å². The van der Waals surface area contributed by atoms with Gasteiger partial charge in [-0.25, -0.2) is 17.7 Å². The van der Waals surface area contributed by atoms with Gasteiger partial charge in [-0.1, -0.05) is 24.3 Å². The van der Waals surface area contributed by atoms with Crippen LogP contribution in [0.1, 0.15) is 24.4 Å². The number of aromatic nitrogens is 2. The number of aliphatic hydroxyl groups is 1. The molecule has 2 aliphatic heterocycles. The van der Waals surface area contributed by atoms with E-state index in [1.165, 1.54) is 16.1 Å². The fraction of sp³-hybridized carbons (Fsp3) is 0.471. The van der Waals surface area contributed by atoms with Crippen molar-refractivity contribution in [2.75, 3.05) is 19.3 Å². The summed E-state index contributed by atoms with van der Waals surface area (Å²) in [5, 5.41) is 10.7. The van der Waals surface area contributed by atoms with Crippen LogP contribution in [0, 0.1) is 5.92 Å². The predicted molar refractivity (Wildman–Crippen MR) is 90.9 cm³/mol. The lowest BCUT2D eigenvalue weighted by molar-refractivity contribution is 0.0836. The summed E-state index contributed by atoms with van der Waals surface area (Å²) in [5.74, 6) is -0.0339. The second-order valence-electron chi connectivity index (χ2n) is 6.69. The third-order valence-electron chi connectivity index (χ3n) is 5.28. The van der Waals surface area contributed by atoms with E-state index in [0.717, 1.165) is 11.3 Å². The molecule has 1 fully saturated rings. The molecule has 0 bridgehead atoms. The number of nitrogens with zero attached hydrogens (tertiary/aromatic N) is 3. The van der Waals surface area contributed by atoms with E-state index in [2.05, 4.69) is 21.7 Å². The molecule has 2 aliphatic rings. The van der Waals surface area contributed by atoms with Gasteiger partial charge < -0.3 is 9.67 Å². The number of aliphatic hydroxyl groups excluding tert-OH is 1. The van der Waals surface area contributed by atoms with Gasteiger partial charge in [0, 0.05) is 24.6 Å². The molecule has 4 rings (SSSR count). The summed E-state index contributed by atoms with van der Waals surface area (Å²) in [6, 6.07) is 8.20. The molecular weight excluding hydrogens is 326 g/mol. The standard InChI is InChI=1S/C17H21N3O3S/c1-24(22,23)19-8-6-14(16(21)7-9-19)17-13-5-3-2-4-12(13)15-10-18-11-20(15)17/h2-5,10-11,14,16-17,21H,6-9H2,1H3/t14?,16-,17+/m0/s1. The Kier molecular flexibility index (Phi) is 3.74. The molecule has 0 spiro atoms. The van der Waals surface area contributed by atoms with E-state index in [1.54, 1.807) is 0 Å². The Morgan fingerprint density at radius 2 is 1.96 bits per heavy atom. The van der Waals surface area contributed by atoms with Crippen molar-refractivity contribution in [1.82, 2.24) is 13.9 Å². The number of sulfonamides is 1. The number of imidazole rings is 1. The average molecular weight is 347 g/mol. The molecule has 128 valence electrons. The number of fused-ring (bicyclic) bond motifs is 3. The number of hydrogen-bond acceptors (Lipinski definition) is 4. The van der Waals surface area contributed by atoms with Crippen LogP contribution in [0.3, 0.4) is 0 Å². The lowest BCUT2D eigenvalue weighted by Crippen LogP contribution is -2.31. The molecule has 6 nitrogen and oxygen atoms in total. The van der Waals surface area contributed by atoms with Gasteiger partial charge in [-0.05, 0) is 18.4 Å². The zero-order valence-electron chi connectivity index (χ0n) is 13.5. The zero-order valence-corrected chi connectivity index (χ0v) is 14.4. The van der Waals surface area contributed by atoms with Gasteiger partial charge in [-0.2, -0.15) is 0 Å². The summed E-state index contributed by atoms with van der Waals surface area (Å²) in [5.41, 5.74) is 3.40. The Hall–Kier alpha value is -1.70. The van der Waals surface area contributed by atoms with Gasteiger partial charge in [0.05, 0.1) is 36.6 Å². The van der Waals surface area contributed by atoms with Crippen LogP contribution < -0.4 is 0 Å². The van der Waals surface area contributed by atoms with Crippen LogP contribution in [0.4, 0.5) is 0 Å². The third-order valence-corrected chi connectivity index (χ3v) is 6.58. The molecule has 1 N–H and O–H groups in total. The van der Waals surface area contributed by atoms with Crippen LogP contribution in [-0.4, -0.2) is 52.8 Å². The zero-order chi connectivity index (χ0) is 16.9. The maximum Gasteiger partial charge on any atom is 0.211 e. The van der Waals surface area contributed by atoms with Crippen LogP contribution in [0.15, 0.2) is 36.8 Å². The summed E-state index contributed by atoms with van der Waals surface area (Å²) < 4.78 is 27.3. The van der Waals surface area contributed by atoms with Crippen molar-refractivity contribution in [3.63, 3.8) is 0 Å². The Morgan fingerprint density at radius 1 is 1.21 bits per heavy atom. The summed E-state index contributed by atoms with van der Waals surface area (Å²) in [6.07, 6.45) is 5.45. The highest BCUT2D eigenvalue weighted by Gasteiger charge is 2.39. The van der Waals surface area contributed by atoms with E-state index in [-0.39, 0.29) is 12.0 Å². The molecule has 0 radical (unpaired) electrons. The Morgan fingerprint density at radius 3 is 2.75 bits per heavy atom. The van der Waals surface area contributed by atoms with Crippen molar-refractivity contribution >= 4 is 10.0 Å². The quantitative estimate of drug-likeness (QED) is 0.893. The molecule has 3 heterocycles. The molecule has 24 heavy (non-hydrogen) atoms. The van der Waals surface area contributed by atoms with Crippen molar-refractivity contribution in [2.45, 2.75) is 25.0 Å². The Labute approximate surface area is 141 Å². The van der Waals surface area contributed by atoms with E-state index in [9.17, 15) is 13.5 Å². The van der Waals surface area contributed by atoms with Gasteiger partial charge in [-0.3, -0.25) is 0 Å². The van der Waals surface area contributed by atoms with Gasteiger partial charge in [0.15, 0.2) is 0 Å². The first-order valence-corrected chi connectivity index (χ1v) is 10.1. The Bertz CT molecular complexity index is 861. The van der Waals surface area contributed by atoms with Crippen molar-refractivity contribution in [2.24, 2.45) is 5.92 Å². The van der Waals surface area contributed by atoms with E-state index < -0.39 is 16.1 Å². The maximum atomic E-state index is 11.9. The van der Waals surface area contributed by atoms with E-state index in [4.69, 9.17) is 0 Å². The Balaban J connectivity index is 1.71. The van der Waals surface area contributed by atoms with Crippen LogP contribution in [0.5, 0.6) is 0 Å². The smallest absolute Gasteiger partial charge is 0.211 e. The average Bonchev–Trinajstić information content (AvgIpc) is 3.05. The summed E-state index contributed by atoms with van der Waals surface area (Å²) in [4.78, 5) is 4.27. The molecular formula is C17H21N3O3S. The minimum atomic E-state index is -3.23. The molecule has 3 atom stereocenters. The predicted octanol–water partition coefficient (Wildman–Crippen LogP) is 1.49. The second kappa shape index (κ2) is 5.68. The minimum Gasteiger partial charge on any atom is -0.393 e. The van der Waals surface area contributed by atoms with Crippen LogP contribution in [-0.2, 0) is 10.0 Å². The van der Waals surface area contributed by atoms with Crippen molar-refractivity contribution < 1.29 is 13.5 Å². The highest BCUT2D eigenvalue weighted by molar-refractivity contribution is 7.88. The monoisotopic (exact) mass is 347 g/mol. The number of hydrogen-bond donors (Lipinski definition) is 1. The summed E-state index contributed by atoms with van der Waals surface area (Å²) in [7, 11) is -3.23. The fourth-order valence-corrected chi connectivity index (χ4v) is 4.97. The van der Waals surface area contributed by atoms with Gasteiger partial charge in [0.1, 0.15) is 0 Å². The van der Waals surface area contributed by atoms with Crippen molar-refractivity contribution in [3.8, 4) is 11.3 Å². The van der Waals surface area contributed by atoms with Crippen LogP contribution in [0.2, 0.25) is 0 Å². The van der Waals surface area contributed by atoms with E-state index in [0.29, 0.717) is 25.9 Å². The van der Waals surface area contributed by atoms with Gasteiger partial charge in [-0.15, -0.1) is 0 Å². The molecule has 0 aliphatic carbocycles. The highest BCUT2D eigenvalue weighted by Crippen LogP contribution is 2.45. The maximum absolute atomic E-state index is 11.9. The first kappa shape index (κ1) is 15.8. The lowest BCUT2D eigenvalue weighted by atomic mass is 9.85. The molecule has 0 saturated carbocycles. The molecule has 1 unspecified atom stereocenters. The normalized spacial score (nSPS) is 27.5. The van der Waals surface area contributed by atoms with Gasteiger partial charge in [0.2, 0.25) is 10.0 Å². The second-order valence-corrected chi connectivity index (χ2v) is 8.67. The van der Waals surface area contributed by atoms with Crippen molar-refractivity contribution in [1.29, 1.82) is 0 Å². The summed E-state index contributed by atoms with van der Waals surface area (Å²) >= 11 is 0.